The maximum absolute atomic E-state index is 12.0. The van der Waals surface area contributed by atoms with Crippen LogP contribution in [0, 0.1) is 20.8 Å². The van der Waals surface area contributed by atoms with E-state index in [9.17, 15) is 4.79 Å². The van der Waals surface area contributed by atoms with Crippen molar-refractivity contribution in [1.29, 1.82) is 0 Å². The van der Waals surface area contributed by atoms with Crippen LogP contribution in [0.1, 0.15) is 35.6 Å². The van der Waals surface area contributed by atoms with E-state index in [0.717, 1.165) is 57.1 Å². The molecule has 2 aromatic rings. The van der Waals surface area contributed by atoms with E-state index in [4.69, 9.17) is 4.52 Å². The third kappa shape index (κ3) is 4.25. The zero-order chi connectivity index (χ0) is 19.0. The minimum atomic E-state index is 0.178. The first-order valence-corrected chi connectivity index (χ1v) is 9.85. The van der Waals surface area contributed by atoms with Crippen molar-refractivity contribution in [2.24, 2.45) is 0 Å². The topological polar surface area (TPSA) is 66.5 Å². The van der Waals surface area contributed by atoms with Gasteiger partial charge in [0, 0.05) is 56.2 Å². The molecule has 7 heteroatoms. The van der Waals surface area contributed by atoms with E-state index >= 15 is 0 Å². The molecule has 0 unspecified atom stereocenters. The van der Waals surface area contributed by atoms with Crippen LogP contribution in [0.3, 0.4) is 0 Å². The summed E-state index contributed by atoms with van der Waals surface area (Å²) in [7, 11) is 0. The summed E-state index contributed by atoms with van der Waals surface area (Å²) < 4.78 is 7.40. The summed E-state index contributed by atoms with van der Waals surface area (Å²) in [5, 5.41) is 7.24. The number of rotatable bonds is 6. The van der Waals surface area contributed by atoms with Gasteiger partial charge >= 0.3 is 0 Å². The van der Waals surface area contributed by atoms with Crippen molar-refractivity contribution in [3.8, 4) is 5.82 Å². The molecule has 2 aliphatic rings. The quantitative estimate of drug-likeness (QED) is 0.839. The molecule has 1 amide bonds. The minimum Gasteiger partial charge on any atom is -0.360 e. The third-order valence-corrected chi connectivity index (χ3v) is 5.55. The van der Waals surface area contributed by atoms with E-state index in [-0.39, 0.29) is 5.91 Å². The van der Waals surface area contributed by atoms with Crippen molar-refractivity contribution >= 4 is 5.91 Å². The molecule has 0 aromatic carbocycles. The van der Waals surface area contributed by atoms with Gasteiger partial charge in [0.15, 0.2) is 5.82 Å². The molecule has 1 saturated heterocycles. The van der Waals surface area contributed by atoms with Gasteiger partial charge in [0.05, 0.1) is 6.54 Å². The van der Waals surface area contributed by atoms with Crippen LogP contribution in [0.15, 0.2) is 16.7 Å². The molecule has 1 aliphatic carbocycles. The normalized spacial score (nSPS) is 18.8. The molecule has 146 valence electrons. The Bertz CT molecular complexity index is 812. The first kappa shape index (κ1) is 18.3. The molecule has 0 atom stereocenters. The maximum atomic E-state index is 12.0. The zero-order valence-corrected chi connectivity index (χ0v) is 16.5. The first-order chi connectivity index (χ1) is 13.0. The molecule has 0 bridgehead atoms. The smallest absolute Gasteiger partial charge is 0.234 e. The summed E-state index contributed by atoms with van der Waals surface area (Å²) in [5.41, 5.74) is 3.71. The summed E-state index contributed by atoms with van der Waals surface area (Å²) in [5.74, 6) is 1.85. The van der Waals surface area contributed by atoms with E-state index in [1.165, 1.54) is 17.0 Å². The lowest BCUT2D eigenvalue weighted by atomic mass is 10.2. The van der Waals surface area contributed by atoms with Crippen molar-refractivity contribution < 1.29 is 9.32 Å². The molecule has 2 aromatic heterocycles. The van der Waals surface area contributed by atoms with Crippen LogP contribution in [-0.4, -0.2) is 64.2 Å². The van der Waals surface area contributed by atoms with Crippen LogP contribution in [0.25, 0.3) is 5.82 Å². The molecular formula is C20H29N5O2. The highest BCUT2D eigenvalue weighted by molar-refractivity contribution is 5.78. The molecule has 3 heterocycles. The highest BCUT2D eigenvalue weighted by atomic mass is 16.5. The Morgan fingerprint density at radius 1 is 1.15 bits per heavy atom. The minimum absolute atomic E-state index is 0.178. The summed E-state index contributed by atoms with van der Waals surface area (Å²) in [6, 6.07) is 4.66. The molecule has 2 fully saturated rings. The van der Waals surface area contributed by atoms with E-state index in [0.29, 0.717) is 12.6 Å². The molecule has 27 heavy (non-hydrogen) atoms. The first-order valence-electron chi connectivity index (χ1n) is 9.85. The molecule has 1 aliphatic heterocycles. The van der Waals surface area contributed by atoms with Crippen molar-refractivity contribution in [1.82, 2.24) is 24.8 Å². The zero-order valence-electron chi connectivity index (χ0n) is 16.5. The molecular weight excluding hydrogens is 342 g/mol. The molecule has 1 N–H and O–H groups in total. The van der Waals surface area contributed by atoms with Gasteiger partial charge in [0.1, 0.15) is 5.76 Å². The third-order valence-electron chi connectivity index (χ3n) is 5.55. The number of aromatic nitrogens is 2. The van der Waals surface area contributed by atoms with Crippen LogP contribution in [0.4, 0.5) is 0 Å². The number of carbonyl (C=O) groups is 1. The number of nitrogens with one attached hydrogen (secondary N) is 1. The van der Waals surface area contributed by atoms with Crippen LogP contribution < -0.4 is 5.32 Å². The van der Waals surface area contributed by atoms with Gasteiger partial charge in [0.25, 0.3) is 0 Å². The summed E-state index contributed by atoms with van der Waals surface area (Å²) in [4.78, 5) is 16.7. The van der Waals surface area contributed by atoms with Crippen molar-refractivity contribution in [2.75, 3.05) is 32.7 Å². The van der Waals surface area contributed by atoms with Crippen LogP contribution in [-0.2, 0) is 11.3 Å². The van der Waals surface area contributed by atoms with Crippen molar-refractivity contribution in [3.05, 3.63) is 34.8 Å². The second-order valence-electron chi connectivity index (χ2n) is 7.92. The van der Waals surface area contributed by atoms with Crippen LogP contribution in [0.5, 0.6) is 0 Å². The van der Waals surface area contributed by atoms with E-state index in [1.54, 1.807) is 0 Å². The number of hydrogen-bond donors (Lipinski definition) is 1. The average Bonchev–Trinajstić information content (AvgIpc) is 3.27. The highest BCUT2D eigenvalue weighted by Gasteiger charge is 2.25. The van der Waals surface area contributed by atoms with Gasteiger partial charge in [-0.3, -0.25) is 14.6 Å². The van der Waals surface area contributed by atoms with Gasteiger partial charge in [-0.15, -0.1) is 0 Å². The Morgan fingerprint density at radius 3 is 2.48 bits per heavy atom. The largest absolute Gasteiger partial charge is 0.360 e. The van der Waals surface area contributed by atoms with Gasteiger partial charge in [-0.1, -0.05) is 5.16 Å². The van der Waals surface area contributed by atoms with Gasteiger partial charge < -0.3 is 14.4 Å². The lowest BCUT2D eigenvalue weighted by molar-refractivity contribution is -0.122. The predicted octanol–water partition coefficient (Wildman–Crippen LogP) is 1.79. The molecule has 1 saturated carbocycles. The Labute approximate surface area is 160 Å². The number of hydrogen-bond acceptors (Lipinski definition) is 5. The SMILES string of the molecule is Cc1cc(-n2c(C)cc(CN3CCN(CC(=O)NC4CC4)CC3)c2C)no1. The van der Waals surface area contributed by atoms with E-state index in [1.807, 2.05) is 13.0 Å². The maximum Gasteiger partial charge on any atom is 0.234 e. The van der Waals surface area contributed by atoms with E-state index in [2.05, 4.69) is 44.8 Å². The summed E-state index contributed by atoms with van der Waals surface area (Å²) >= 11 is 0. The van der Waals surface area contributed by atoms with Crippen LogP contribution >= 0.6 is 0 Å². The van der Waals surface area contributed by atoms with Gasteiger partial charge in [-0.25, -0.2) is 0 Å². The fourth-order valence-electron chi connectivity index (χ4n) is 3.85. The molecule has 0 spiro atoms. The number of piperazine rings is 1. The average molecular weight is 371 g/mol. The molecule has 7 nitrogen and oxygen atoms in total. The van der Waals surface area contributed by atoms with Gasteiger partial charge in [0.2, 0.25) is 5.91 Å². The fraction of sp³-hybridized carbons (Fsp3) is 0.600. The number of aryl methyl sites for hydroxylation is 2. The molecule has 0 radical (unpaired) electrons. The Morgan fingerprint density at radius 2 is 1.85 bits per heavy atom. The second-order valence-corrected chi connectivity index (χ2v) is 7.92. The Kier molecular flexibility index (Phi) is 5.06. The summed E-state index contributed by atoms with van der Waals surface area (Å²) in [6.45, 7) is 11.5. The number of amides is 1. The summed E-state index contributed by atoms with van der Waals surface area (Å²) in [6.07, 6.45) is 2.29. The monoisotopic (exact) mass is 371 g/mol. The lowest BCUT2D eigenvalue weighted by Gasteiger charge is -2.34. The number of carbonyl (C=O) groups excluding carboxylic acids is 1. The van der Waals surface area contributed by atoms with Gasteiger partial charge in [-0.2, -0.15) is 0 Å². The Balaban J connectivity index is 1.33. The second kappa shape index (κ2) is 7.48. The number of nitrogens with zero attached hydrogens (tertiary/aromatic N) is 4. The Hall–Kier alpha value is -2.12. The van der Waals surface area contributed by atoms with E-state index < -0.39 is 0 Å². The lowest BCUT2D eigenvalue weighted by Crippen LogP contribution is -2.49. The van der Waals surface area contributed by atoms with Crippen molar-refractivity contribution in [2.45, 2.75) is 46.2 Å². The van der Waals surface area contributed by atoms with Gasteiger partial charge in [-0.05, 0) is 45.2 Å². The highest BCUT2D eigenvalue weighted by Crippen LogP contribution is 2.22. The van der Waals surface area contributed by atoms with Crippen molar-refractivity contribution in [3.63, 3.8) is 0 Å². The standard InChI is InChI=1S/C20H29N5O2/c1-14-10-17(16(3)25(14)19-11-15(2)27-22-19)12-23-6-8-24(9-7-23)13-20(26)21-18-4-5-18/h10-11,18H,4-9,12-13H2,1-3H3,(H,21,26). The van der Waals surface area contributed by atoms with Crippen LogP contribution in [0.2, 0.25) is 0 Å². The molecule has 4 rings (SSSR count). The predicted molar refractivity (Wildman–Crippen MR) is 103 cm³/mol. The fourth-order valence-corrected chi connectivity index (χ4v) is 3.85.